The zero-order chi connectivity index (χ0) is 14.5. The van der Waals surface area contributed by atoms with Crippen molar-refractivity contribution in [3.8, 4) is 0 Å². The molecule has 2 N–H and O–H groups in total. The van der Waals surface area contributed by atoms with Crippen molar-refractivity contribution < 1.29 is 4.39 Å². The molecular formula is C16H16Cl2FN. The first-order chi connectivity index (χ1) is 9.60. The van der Waals surface area contributed by atoms with Gasteiger partial charge in [0.05, 0.1) is 5.02 Å². The Labute approximate surface area is 128 Å². The molecule has 1 nitrogen and oxygen atoms in total. The minimum atomic E-state index is -0.391. The number of hydrogen-bond acceptors (Lipinski definition) is 1. The van der Waals surface area contributed by atoms with Crippen LogP contribution in [0.1, 0.15) is 11.1 Å². The van der Waals surface area contributed by atoms with Gasteiger partial charge in [-0.1, -0.05) is 47.5 Å². The normalized spacial score (nSPS) is 12.4. The molecule has 0 aromatic heterocycles. The van der Waals surface area contributed by atoms with E-state index in [0.717, 1.165) is 22.6 Å². The first-order valence-corrected chi connectivity index (χ1v) is 7.23. The van der Waals surface area contributed by atoms with Crippen molar-refractivity contribution in [3.05, 3.63) is 69.5 Å². The third-order valence-corrected chi connectivity index (χ3v) is 3.98. The van der Waals surface area contributed by atoms with Crippen LogP contribution in [-0.2, 0) is 12.8 Å². The van der Waals surface area contributed by atoms with Crippen molar-refractivity contribution in [2.24, 2.45) is 11.7 Å². The van der Waals surface area contributed by atoms with E-state index < -0.39 is 5.82 Å². The van der Waals surface area contributed by atoms with E-state index in [4.69, 9.17) is 28.9 Å². The second kappa shape index (κ2) is 7.07. The maximum atomic E-state index is 13.4. The molecule has 4 heteroatoms. The zero-order valence-corrected chi connectivity index (χ0v) is 12.5. The van der Waals surface area contributed by atoms with Gasteiger partial charge in [0.1, 0.15) is 5.82 Å². The van der Waals surface area contributed by atoms with E-state index in [-0.39, 0.29) is 10.9 Å². The van der Waals surface area contributed by atoms with Crippen LogP contribution in [-0.4, -0.2) is 6.54 Å². The Morgan fingerprint density at radius 3 is 2.40 bits per heavy atom. The molecule has 2 aromatic rings. The maximum absolute atomic E-state index is 13.4. The van der Waals surface area contributed by atoms with Crippen LogP contribution in [0.25, 0.3) is 0 Å². The average Bonchev–Trinajstić information content (AvgIpc) is 2.44. The van der Waals surface area contributed by atoms with Crippen LogP contribution in [0.5, 0.6) is 0 Å². The number of rotatable bonds is 5. The molecular weight excluding hydrogens is 296 g/mol. The van der Waals surface area contributed by atoms with E-state index in [1.54, 1.807) is 6.07 Å². The number of benzene rings is 2. The van der Waals surface area contributed by atoms with Gasteiger partial charge in [-0.3, -0.25) is 0 Å². The number of halogens is 3. The van der Waals surface area contributed by atoms with Crippen molar-refractivity contribution in [2.45, 2.75) is 12.8 Å². The monoisotopic (exact) mass is 311 g/mol. The SMILES string of the molecule is NCC(Cc1ccc(Cl)c(F)c1)Cc1ccccc1Cl. The van der Waals surface area contributed by atoms with E-state index >= 15 is 0 Å². The summed E-state index contributed by atoms with van der Waals surface area (Å²) in [7, 11) is 0. The molecule has 0 spiro atoms. The van der Waals surface area contributed by atoms with E-state index in [9.17, 15) is 4.39 Å². The summed E-state index contributed by atoms with van der Waals surface area (Å²) >= 11 is 11.8. The third-order valence-electron chi connectivity index (χ3n) is 3.31. The van der Waals surface area contributed by atoms with Crippen LogP contribution in [0.3, 0.4) is 0 Å². The fourth-order valence-electron chi connectivity index (χ4n) is 2.21. The summed E-state index contributed by atoms with van der Waals surface area (Å²) in [5.41, 5.74) is 7.79. The van der Waals surface area contributed by atoms with E-state index in [1.807, 2.05) is 30.3 Å². The quantitative estimate of drug-likeness (QED) is 0.865. The lowest BCUT2D eigenvalue weighted by Gasteiger charge is -2.16. The summed E-state index contributed by atoms with van der Waals surface area (Å²) in [6.07, 6.45) is 1.48. The Kier molecular flexibility index (Phi) is 5.41. The highest BCUT2D eigenvalue weighted by Gasteiger charge is 2.12. The van der Waals surface area contributed by atoms with Crippen molar-refractivity contribution in [2.75, 3.05) is 6.54 Å². The largest absolute Gasteiger partial charge is 0.330 e. The summed E-state index contributed by atoms with van der Waals surface area (Å²) in [5, 5.41) is 0.886. The van der Waals surface area contributed by atoms with Gasteiger partial charge in [-0.05, 0) is 54.6 Å². The molecule has 0 aliphatic heterocycles. The van der Waals surface area contributed by atoms with Crippen LogP contribution in [0.4, 0.5) is 4.39 Å². The van der Waals surface area contributed by atoms with Gasteiger partial charge in [0.15, 0.2) is 0 Å². The predicted molar refractivity (Wildman–Crippen MR) is 82.8 cm³/mol. The van der Waals surface area contributed by atoms with Gasteiger partial charge in [-0.25, -0.2) is 4.39 Å². The molecule has 0 amide bonds. The maximum Gasteiger partial charge on any atom is 0.142 e. The standard InChI is InChI=1S/C16H16Cl2FN/c17-14-4-2-1-3-13(14)8-12(10-20)7-11-5-6-15(18)16(19)9-11/h1-6,9,12H,7-8,10,20H2. The molecule has 0 aliphatic carbocycles. The molecule has 2 aromatic carbocycles. The van der Waals surface area contributed by atoms with Gasteiger partial charge < -0.3 is 5.73 Å². The Hall–Kier alpha value is -1.09. The topological polar surface area (TPSA) is 26.0 Å². The molecule has 0 saturated heterocycles. The molecule has 106 valence electrons. The second-order valence-corrected chi connectivity index (χ2v) is 5.66. The van der Waals surface area contributed by atoms with Gasteiger partial charge >= 0.3 is 0 Å². The lowest BCUT2D eigenvalue weighted by Crippen LogP contribution is -2.19. The molecule has 0 radical (unpaired) electrons. The Bertz CT molecular complexity index is 586. The third kappa shape index (κ3) is 3.95. The average molecular weight is 312 g/mol. The van der Waals surface area contributed by atoms with Gasteiger partial charge in [0.25, 0.3) is 0 Å². The summed E-state index contributed by atoms with van der Waals surface area (Å²) in [5.74, 6) is -0.173. The van der Waals surface area contributed by atoms with Crippen LogP contribution in [0.2, 0.25) is 10.0 Å². The van der Waals surface area contributed by atoms with Gasteiger partial charge in [0, 0.05) is 5.02 Å². The van der Waals surface area contributed by atoms with Gasteiger partial charge in [0.2, 0.25) is 0 Å². The minimum absolute atomic E-state index is 0.143. The van der Waals surface area contributed by atoms with Crippen molar-refractivity contribution in [1.29, 1.82) is 0 Å². The van der Waals surface area contributed by atoms with E-state index in [0.29, 0.717) is 13.0 Å². The smallest absolute Gasteiger partial charge is 0.142 e. The van der Waals surface area contributed by atoms with Crippen molar-refractivity contribution in [1.82, 2.24) is 0 Å². The molecule has 1 unspecified atom stereocenters. The van der Waals surface area contributed by atoms with Crippen LogP contribution in [0.15, 0.2) is 42.5 Å². The fraction of sp³-hybridized carbons (Fsp3) is 0.250. The van der Waals surface area contributed by atoms with Crippen molar-refractivity contribution >= 4 is 23.2 Å². The Morgan fingerprint density at radius 2 is 1.75 bits per heavy atom. The van der Waals surface area contributed by atoms with Gasteiger partial charge in [-0.15, -0.1) is 0 Å². The number of hydrogen-bond donors (Lipinski definition) is 1. The molecule has 20 heavy (non-hydrogen) atoms. The Balaban J connectivity index is 2.09. The minimum Gasteiger partial charge on any atom is -0.330 e. The fourth-order valence-corrected chi connectivity index (χ4v) is 2.54. The molecule has 0 bridgehead atoms. The summed E-state index contributed by atoms with van der Waals surface area (Å²) in [6, 6.07) is 12.6. The zero-order valence-electron chi connectivity index (χ0n) is 11.0. The predicted octanol–water partition coefficient (Wildman–Crippen LogP) is 4.49. The van der Waals surface area contributed by atoms with E-state index in [1.165, 1.54) is 6.07 Å². The van der Waals surface area contributed by atoms with Gasteiger partial charge in [-0.2, -0.15) is 0 Å². The molecule has 0 aliphatic rings. The molecule has 0 fully saturated rings. The summed E-state index contributed by atoms with van der Waals surface area (Å²) < 4.78 is 13.4. The molecule has 0 heterocycles. The molecule has 2 rings (SSSR count). The first-order valence-electron chi connectivity index (χ1n) is 6.47. The van der Waals surface area contributed by atoms with E-state index in [2.05, 4.69) is 0 Å². The summed E-state index contributed by atoms with van der Waals surface area (Å²) in [4.78, 5) is 0. The number of nitrogens with two attached hydrogens (primary N) is 1. The highest BCUT2D eigenvalue weighted by atomic mass is 35.5. The first kappa shape index (κ1) is 15.3. The highest BCUT2D eigenvalue weighted by Crippen LogP contribution is 2.22. The molecule has 1 atom stereocenters. The lowest BCUT2D eigenvalue weighted by atomic mass is 9.92. The second-order valence-electron chi connectivity index (χ2n) is 4.85. The van der Waals surface area contributed by atoms with Crippen LogP contribution >= 0.6 is 23.2 Å². The Morgan fingerprint density at radius 1 is 1.00 bits per heavy atom. The molecule has 0 saturated carbocycles. The van der Waals surface area contributed by atoms with Crippen molar-refractivity contribution in [3.63, 3.8) is 0 Å². The van der Waals surface area contributed by atoms with Crippen LogP contribution < -0.4 is 5.73 Å². The highest BCUT2D eigenvalue weighted by molar-refractivity contribution is 6.31. The summed E-state index contributed by atoms with van der Waals surface area (Å²) in [6.45, 7) is 0.523. The van der Waals surface area contributed by atoms with Crippen LogP contribution in [0, 0.1) is 11.7 Å². The lowest BCUT2D eigenvalue weighted by molar-refractivity contribution is 0.530.